The Kier molecular flexibility index (Phi) is 7.41. The first-order valence-corrected chi connectivity index (χ1v) is 9.07. The number of halogens is 1. The van der Waals surface area contributed by atoms with Crippen LogP contribution in [0.3, 0.4) is 0 Å². The van der Waals surface area contributed by atoms with Gasteiger partial charge in [-0.3, -0.25) is 4.79 Å². The molecule has 2 rings (SSSR count). The van der Waals surface area contributed by atoms with Gasteiger partial charge in [0.15, 0.2) is 0 Å². The summed E-state index contributed by atoms with van der Waals surface area (Å²) in [4.78, 5) is 11.8. The van der Waals surface area contributed by atoms with Crippen molar-refractivity contribution in [2.45, 2.75) is 25.0 Å². The normalized spacial score (nSPS) is 18.4. The zero-order valence-corrected chi connectivity index (χ0v) is 13.8. The molecule has 1 aromatic carbocycles. The zero-order valence-electron chi connectivity index (χ0n) is 12.2. The van der Waals surface area contributed by atoms with E-state index in [1.54, 1.807) is 11.8 Å². The summed E-state index contributed by atoms with van der Waals surface area (Å²) in [5, 5.41) is 7.17. The van der Waals surface area contributed by atoms with Crippen molar-refractivity contribution in [1.82, 2.24) is 10.6 Å². The lowest BCUT2D eigenvalue weighted by molar-refractivity contribution is -0.118. The molecule has 1 fully saturated rings. The molecule has 0 aromatic heterocycles. The summed E-state index contributed by atoms with van der Waals surface area (Å²) < 4.78 is 0. The number of amides is 1. The fourth-order valence-electron chi connectivity index (χ4n) is 2.53. The summed E-state index contributed by atoms with van der Waals surface area (Å²) in [6.45, 7) is 3.03. The third-order valence-electron chi connectivity index (χ3n) is 3.66. The van der Waals surface area contributed by atoms with Gasteiger partial charge in [-0.15, -0.1) is 11.8 Å². The molecule has 0 spiro atoms. The molecular formula is C16H23ClN2OS. The number of piperidine rings is 1. The summed E-state index contributed by atoms with van der Waals surface area (Å²) >= 11 is 7.56. The Balaban J connectivity index is 1.55. The highest BCUT2D eigenvalue weighted by molar-refractivity contribution is 7.99. The van der Waals surface area contributed by atoms with E-state index < -0.39 is 0 Å². The highest BCUT2D eigenvalue weighted by Crippen LogP contribution is 2.16. The fraction of sp³-hybridized carbons (Fsp3) is 0.562. The lowest BCUT2D eigenvalue weighted by atomic mass is 9.96. The van der Waals surface area contributed by atoms with Crippen LogP contribution in [-0.4, -0.2) is 31.3 Å². The predicted octanol–water partition coefficient (Wildman–Crippen LogP) is 3.08. The first kappa shape index (κ1) is 16.7. The summed E-state index contributed by atoms with van der Waals surface area (Å²) in [5.41, 5.74) is 1.16. The molecule has 1 saturated heterocycles. The number of carbonyl (C=O) groups excluding carboxylic acids is 1. The smallest absolute Gasteiger partial charge is 0.230 e. The molecule has 0 radical (unpaired) electrons. The minimum absolute atomic E-state index is 0.130. The minimum Gasteiger partial charge on any atom is -0.355 e. The summed E-state index contributed by atoms with van der Waals surface area (Å²) in [6.07, 6.45) is 3.62. The first-order chi connectivity index (χ1) is 10.2. The Morgan fingerprint density at radius 3 is 3.14 bits per heavy atom. The van der Waals surface area contributed by atoms with E-state index in [1.165, 1.54) is 12.8 Å². The van der Waals surface area contributed by atoms with Crippen LogP contribution in [-0.2, 0) is 10.5 Å². The van der Waals surface area contributed by atoms with Crippen molar-refractivity contribution >= 4 is 29.3 Å². The van der Waals surface area contributed by atoms with E-state index in [0.717, 1.165) is 48.3 Å². The van der Waals surface area contributed by atoms with Gasteiger partial charge >= 0.3 is 0 Å². The molecule has 116 valence electrons. The maximum Gasteiger partial charge on any atom is 0.230 e. The van der Waals surface area contributed by atoms with Crippen LogP contribution in [0.25, 0.3) is 0 Å². The third-order valence-corrected chi connectivity index (χ3v) is 4.90. The maximum atomic E-state index is 11.8. The molecule has 1 aromatic rings. The largest absolute Gasteiger partial charge is 0.355 e. The van der Waals surface area contributed by atoms with Crippen LogP contribution in [0.4, 0.5) is 0 Å². The number of nitrogens with one attached hydrogen (secondary N) is 2. The monoisotopic (exact) mass is 326 g/mol. The van der Waals surface area contributed by atoms with Crippen molar-refractivity contribution in [3.05, 3.63) is 34.9 Å². The molecule has 1 aliphatic rings. The molecule has 1 heterocycles. The number of benzene rings is 1. The second kappa shape index (κ2) is 9.34. The van der Waals surface area contributed by atoms with E-state index in [9.17, 15) is 4.79 Å². The Labute approximate surface area is 136 Å². The quantitative estimate of drug-likeness (QED) is 0.809. The van der Waals surface area contributed by atoms with E-state index in [2.05, 4.69) is 10.6 Å². The van der Waals surface area contributed by atoms with E-state index in [4.69, 9.17) is 11.6 Å². The van der Waals surface area contributed by atoms with Gasteiger partial charge in [0.25, 0.3) is 0 Å². The molecule has 5 heteroatoms. The highest BCUT2D eigenvalue weighted by atomic mass is 35.5. The van der Waals surface area contributed by atoms with Gasteiger partial charge in [0.05, 0.1) is 5.75 Å². The maximum absolute atomic E-state index is 11.8. The average Bonchev–Trinajstić information content (AvgIpc) is 2.48. The summed E-state index contributed by atoms with van der Waals surface area (Å²) in [7, 11) is 0. The Hall–Kier alpha value is -0.710. The van der Waals surface area contributed by atoms with Crippen LogP contribution in [0, 0.1) is 5.92 Å². The molecule has 1 amide bonds. The van der Waals surface area contributed by atoms with Crippen LogP contribution < -0.4 is 10.6 Å². The Bertz CT molecular complexity index is 450. The van der Waals surface area contributed by atoms with Crippen LogP contribution in [0.2, 0.25) is 5.02 Å². The van der Waals surface area contributed by atoms with Gasteiger partial charge in [0.2, 0.25) is 5.91 Å². The summed E-state index contributed by atoms with van der Waals surface area (Å²) in [5.74, 6) is 2.18. The van der Waals surface area contributed by atoms with Crippen LogP contribution in [0.1, 0.15) is 24.8 Å². The van der Waals surface area contributed by atoms with Gasteiger partial charge < -0.3 is 10.6 Å². The lowest BCUT2D eigenvalue weighted by Gasteiger charge is -2.22. The topological polar surface area (TPSA) is 41.1 Å². The summed E-state index contributed by atoms with van der Waals surface area (Å²) in [6, 6.07) is 7.79. The first-order valence-electron chi connectivity index (χ1n) is 7.53. The molecular weight excluding hydrogens is 304 g/mol. The van der Waals surface area contributed by atoms with Gasteiger partial charge in [-0.1, -0.05) is 23.7 Å². The average molecular weight is 327 g/mol. The van der Waals surface area contributed by atoms with Crippen LogP contribution >= 0.6 is 23.4 Å². The lowest BCUT2D eigenvalue weighted by Crippen LogP contribution is -2.33. The molecule has 1 unspecified atom stereocenters. The Morgan fingerprint density at radius 1 is 1.48 bits per heavy atom. The zero-order chi connectivity index (χ0) is 14.9. The van der Waals surface area contributed by atoms with Crippen molar-refractivity contribution in [3.8, 4) is 0 Å². The number of hydrogen-bond acceptors (Lipinski definition) is 3. The molecule has 0 saturated carbocycles. The number of rotatable bonds is 7. The molecule has 0 bridgehead atoms. The number of carbonyl (C=O) groups is 1. The van der Waals surface area contributed by atoms with Gasteiger partial charge in [0.1, 0.15) is 0 Å². The third kappa shape index (κ3) is 6.72. The standard InChI is InChI=1S/C16H23ClN2OS/c17-15-5-1-3-14(9-15)11-21-12-16(20)19-8-6-13-4-2-7-18-10-13/h1,3,5,9,13,18H,2,4,6-8,10-12H2,(H,19,20). The van der Waals surface area contributed by atoms with Gasteiger partial charge in [0, 0.05) is 17.3 Å². The van der Waals surface area contributed by atoms with Gasteiger partial charge in [-0.25, -0.2) is 0 Å². The predicted molar refractivity (Wildman–Crippen MR) is 90.8 cm³/mol. The molecule has 1 atom stereocenters. The second-order valence-electron chi connectivity index (χ2n) is 5.47. The van der Waals surface area contributed by atoms with Crippen LogP contribution in [0.15, 0.2) is 24.3 Å². The number of thioether (sulfide) groups is 1. The molecule has 1 aliphatic heterocycles. The van der Waals surface area contributed by atoms with Crippen LogP contribution in [0.5, 0.6) is 0 Å². The van der Waals surface area contributed by atoms with Gasteiger partial charge in [-0.05, 0) is 56.0 Å². The van der Waals surface area contributed by atoms with Crippen molar-refractivity contribution in [3.63, 3.8) is 0 Å². The Morgan fingerprint density at radius 2 is 2.38 bits per heavy atom. The van der Waals surface area contributed by atoms with Gasteiger partial charge in [-0.2, -0.15) is 0 Å². The fourth-order valence-corrected chi connectivity index (χ4v) is 3.54. The van der Waals surface area contributed by atoms with Crippen molar-refractivity contribution in [2.24, 2.45) is 5.92 Å². The molecule has 3 nitrogen and oxygen atoms in total. The molecule has 2 N–H and O–H groups in total. The molecule has 0 aliphatic carbocycles. The minimum atomic E-state index is 0.130. The molecule has 21 heavy (non-hydrogen) atoms. The SMILES string of the molecule is O=C(CSCc1cccc(Cl)c1)NCCC1CCCNC1. The highest BCUT2D eigenvalue weighted by Gasteiger charge is 2.12. The van der Waals surface area contributed by atoms with Crippen molar-refractivity contribution in [2.75, 3.05) is 25.4 Å². The number of hydrogen-bond donors (Lipinski definition) is 2. The van der Waals surface area contributed by atoms with Crippen molar-refractivity contribution in [1.29, 1.82) is 0 Å². The van der Waals surface area contributed by atoms with E-state index >= 15 is 0 Å². The van der Waals surface area contributed by atoms with Crippen molar-refractivity contribution < 1.29 is 4.79 Å². The van der Waals surface area contributed by atoms with E-state index in [0.29, 0.717) is 5.75 Å². The second-order valence-corrected chi connectivity index (χ2v) is 6.90. The van der Waals surface area contributed by atoms with E-state index in [1.807, 2.05) is 24.3 Å². The van der Waals surface area contributed by atoms with E-state index in [-0.39, 0.29) is 5.91 Å².